The average Bonchev–Trinajstić information content (AvgIpc) is 2.53. The minimum Gasteiger partial charge on any atom is -0.317 e. The molecule has 84 valence electrons. The number of carbonyl (C=O) groups excluding carboxylic acids is 2. The highest BCUT2D eigenvalue weighted by Crippen LogP contribution is 2.22. The number of benzene rings is 1. The normalized spacial score (nSPS) is 16.1. The Bertz CT molecular complexity index is 408. The van der Waals surface area contributed by atoms with Gasteiger partial charge in [0.2, 0.25) is 0 Å². The van der Waals surface area contributed by atoms with Crippen molar-refractivity contribution in [2.75, 3.05) is 13.6 Å². The number of carbonyl (C=O) groups is 2. The van der Waals surface area contributed by atoms with E-state index in [9.17, 15) is 9.59 Å². The molecule has 1 aromatic carbocycles. The number of rotatable bonds is 3. The molecule has 4 nitrogen and oxygen atoms in total. The highest BCUT2D eigenvalue weighted by Gasteiger charge is 2.33. The first-order valence-electron chi connectivity index (χ1n) is 4.93. The molecule has 0 spiro atoms. The van der Waals surface area contributed by atoms with E-state index in [0.29, 0.717) is 5.75 Å². The summed E-state index contributed by atoms with van der Waals surface area (Å²) in [4.78, 5) is 24.4. The number of urea groups is 1. The summed E-state index contributed by atoms with van der Waals surface area (Å²) in [5.41, 5.74) is 1.10. The van der Waals surface area contributed by atoms with Gasteiger partial charge in [0.15, 0.2) is 0 Å². The number of amides is 3. The van der Waals surface area contributed by atoms with Gasteiger partial charge < -0.3 is 4.90 Å². The van der Waals surface area contributed by atoms with Crippen LogP contribution in [0.2, 0.25) is 0 Å². The summed E-state index contributed by atoms with van der Waals surface area (Å²) in [5.74, 6) is 0.486. The fourth-order valence-electron chi connectivity index (χ4n) is 1.44. The third-order valence-corrected chi connectivity index (χ3v) is 3.38. The highest BCUT2D eigenvalue weighted by molar-refractivity contribution is 7.97. The second kappa shape index (κ2) is 4.57. The summed E-state index contributed by atoms with van der Waals surface area (Å²) in [7, 11) is 1.63. The maximum absolute atomic E-state index is 11.5. The van der Waals surface area contributed by atoms with Crippen LogP contribution >= 0.6 is 11.9 Å². The molecule has 0 radical (unpaired) electrons. The molecule has 0 aromatic heterocycles. The number of hydrogen-bond acceptors (Lipinski definition) is 3. The first kappa shape index (κ1) is 11.0. The summed E-state index contributed by atoms with van der Waals surface area (Å²) >= 11 is 1.25. The molecule has 1 saturated heterocycles. The molecule has 1 fully saturated rings. The molecular formula is C11H12N2O2S. The van der Waals surface area contributed by atoms with Gasteiger partial charge >= 0.3 is 6.03 Å². The van der Waals surface area contributed by atoms with E-state index in [1.165, 1.54) is 21.2 Å². The molecule has 0 N–H and O–H groups in total. The lowest BCUT2D eigenvalue weighted by molar-refractivity contribution is -0.121. The Labute approximate surface area is 98.4 Å². The van der Waals surface area contributed by atoms with Gasteiger partial charge in [-0.1, -0.05) is 30.3 Å². The number of hydrogen-bond donors (Lipinski definition) is 0. The fraction of sp³-hybridized carbons (Fsp3) is 0.273. The Hall–Kier alpha value is -1.49. The Morgan fingerprint density at radius 2 is 1.94 bits per heavy atom. The molecule has 2 rings (SSSR count). The molecular weight excluding hydrogens is 224 g/mol. The second-order valence-electron chi connectivity index (χ2n) is 3.59. The maximum Gasteiger partial charge on any atom is 0.337 e. The molecule has 3 amide bonds. The van der Waals surface area contributed by atoms with Crippen LogP contribution in [0.3, 0.4) is 0 Å². The topological polar surface area (TPSA) is 40.6 Å². The van der Waals surface area contributed by atoms with Crippen molar-refractivity contribution in [2.24, 2.45) is 0 Å². The van der Waals surface area contributed by atoms with Gasteiger partial charge in [-0.3, -0.25) is 4.79 Å². The van der Waals surface area contributed by atoms with E-state index >= 15 is 0 Å². The Kier molecular flexibility index (Phi) is 3.14. The fourth-order valence-corrected chi connectivity index (χ4v) is 2.36. The lowest BCUT2D eigenvalue weighted by atomic mass is 10.2. The molecule has 0 bridgehead atoms. The molecule has 1 aliphatic rings. The smallest absolute Gasteiger partial charge is 0.317 e. The first-order chi connectivity index (χ1) is 7.68. The van der Waals surface area contributed by atoms with Crippen molar-refractivity contribution in [1.29, 1.82) is 0 Å². The van der Waals surface area contributed by atoms with E-state index in [1.807, 2.05) is 30.3 Å². The lowest BCUT2D eigenvalue weighted by Gasteiger charge is -2.12. The first-order valence-corrected chi connectivity index (χ1v) is 5.87. The highest BCUT2D eigenvalue weighted by atomic mass is 32.2. The van der Waals surface area contributed by atoms with Crippen LogP contribution in [0.15, 0.2) is 30.3 Å². The van der Waals surface area contributed by atoms with Gasteiger partial charge in [0.05, 0.1) is 0 Å². The minimum atomic E-state index is -0.231. The van der Waals surface area contributed by atoms with Gasteiger partial charge in [0.1, 0.15) is 6.54 Å². The average molecular weight is 236 g/mol. The van der Waals surface area contributed by atoms with Crippen LogP contribution in [0.1, 0.15) is 5.56 Å². The van der Waals surface area contributed by atoms with Crippen molar-refractivity contribution in [1.82, 2.24) is 9.21 Å². The third kappa shape index (κ3) is 2.19. The van der Waals surface area contributed by atoms with Crippen molar-refractivity contribution in [3.8, 4) is 0 Å². The predicted octanol–water partition coefficient (Wildman–Crippen LogP) is 1.73. The molecule has 0 atom stereocenters. The van der Waals surface area contributed by atoms with E-state index in [2.05, 4.69) is 0 Å². The molecule has 1 heterocycles. The molecule has 0 aliphatic carbocycles. The van der Waals surface area contributed by atoms with Gasteiger partial charge in [-0.2, -0.15) is 0 Å². The Morgan fingerprint density at radius 3 is 2.50 bits per heavy atom. The molecule has 0 unspecified atom stereocenters. The van der Waals surface area contributed by atoms with Crippen LogP contribution in [-0.4, -0.2) is 34.7 Å². The Morgan fingerprint density at radius 1 is 1.25 bits per heavy atom. The minimum absolute atomic E-state index is 0.145. The second-order valence-corrected chi connectivity index (χ2v) is 4.50. The van der Waals surface area contributed by atoms with Crippen LogP contribution in [0.4, 0.5) is 4.79 Å². The number of nitrogens with zero attached hydrogens (tertiary/aromatic N) is 2. The molecule has 5 heteroatoms. The zero-order chi connectivity index (χ0) is 11.5. The molecule has 1 aliphatic heterocycles. The summed E-state index contributed by atoms with van der Waals surface area (Å²) in [6.07, 6.45) is 0. The Balaban J connectivity index is 1.96. The largest absolute Gasteiger partial charge is 0.337 e. The quantitative estimate of drug-likeness (QED) is 0.593. The van der Waals surface area contributed by atoms with Crippen molar-refractivity contribution in [2.45, 2.75) is 5.75 Å². The van der Waals surface area contributed by atoms with Gasteiger partial charge in [0.25, 0.3) is 5.91 Å². The molecule has 0 saturated carbocycles. The van der Waals surface area contributed by atoms with Crippen molar-refractivity contribution < 1.29 is 9.59 Å². The van der Waals surface area contributed by atoms with Crippen LogP contribution in [0, 0.1) is 0 Å². The van der Waals surface area contributed by atoms with Crippen LogP contribution in [-0.2, 0) is 10.5 Å². The van der Waals surface area contributed by atoms with Gasteiger partial charge in [-0.25, -0.2) is 9.10 Å². The van der Waals surface area contributed by atoms with Gasteiger partial charge in [0, 0.05) is 12.8 Å². The van der Waals surface area contributed by atoms with E-state index in [-0.39, 0.29) is 18.5 Å². The number of imide groups is 1. The molecule has 16 heavy (non-hydrogen) atoms. The van der Waals surface area contributed by atoms with Crippen molar-refractivity contribution in [3.05, 3.63) is 35.9 Å². The third-order valence-electron chi connectivity index (χ3n) is 2.30. The van der Waals surface area contributed by atoms with Crippen LogP contribution < -0.4 is 0 Å². The summed E-state index contributed by atoms with van der Waals surface area (Å²) in [6, 6.07) is 9.54. The van der Waals surface area contributed by atoms with E-state index in [0.717, 1.165) is 5.56 Å². The van der Waals surface area contributed by atoms with E-state index in [4.69, 9.17) is 0 Å². The summed E-state index contributed by atoms with van der Waals surface area (Å²) in [6.45, 7) is 0.181. The standard InChI is InChI=1S/C11H12N2O2S/c1-12-7-10(14)13(11(12)15)16-8-9-5-3-2-4-6-9/h2-6H,7-8H2,1H3. The van der Waals surface area contributed by atoms with Gasteiger partial charge in [-0.05, 0) is 17.5 Å². The SMILES string of the molecule is CN1CC(=O)N(SCc2ccccc2)C1=O. The van der Waals surface area contributed by atoms with Gasteiger partial charge in [-0.15, -0.1) is 0 Å². The van der Waals surface area contributed by atoms with Crippen LogP contribution in [0.5, 0.6) is 0 Å². The molecule has 1 aromatic rings. The van der Waals surface area contributed by atoms with Crippen molar-refractivity contribution >= 4 is 23.9 Å². The summed E-state index contributed by atoms with van der Waals surface area (Å²) in [5, 5.41) is 0. The summed E-state index contributed by atoms with van der Waals surface area (Å²) < 4.78 is 1.23. The van der Waals surface area contributed by atoms with Crippen molar-refractivity contribution in [3.63, 3.8) is 0 Å². The predicted molar refractivity (Wildman–Crippen MR) is 62.6 cm³/mol. The lowest BCUT2D eigenvalue weighted by Crippen LogP contribution is -2.25. The van der Waals surface area contributed by atoms with E-state index < -0.39 is 0 Å². The number of likely N-dealkylation sites (N-methyl/N-ethyl adjacent to an activating group) is 1. The van der Waals surface area contributed by atoms with Crippen LogP contribution in [0.25, 0.3) is 0 Å². The monoisotopic (exact) mass is 236 g/mol. The zero-order valence-electron chi connectivity index (χ0n) is 8.92. The zero-order valence-corrected chi connectivity index (χ0v) is 9.74. The van der Waals surface area contributed by atoms with E-state index in [1.54, 1.807) is 7.05 Å². The maximum atomic E-state index is 11.5.